The largest absolute Gasteiger partial charge is 0.422 e. The molecule has 124 valence electrons. The molecule has 0 saturated carbocycles. The molecule has 2 heterocycles. The molecule has 0 unspecified atom stereocenters. The fraction of sp³-hybridized carbons (Fsp3) is 0.105. The zero-order valence-corrected chi connectivity index (χ0v) is 13.3. The molecule has 6 nitrogen and oxygen atoms in total. The molecule has 4 rings (SSSR count). The van der Waals surface area contributed by atoms with Gasteiger partial charge in [-0.2, -0.15) is 0 Å². The van der Waals surface area contributed by atoms with Gasteiger partial charge in [0.15, 0.2) is 0 Å². The number of rotatable bonds is 4. The number of aromatic amines is 1. The summed E-state index contributed by atoms with van der Waals surface area (Å²) < 4.78 is 5.18. The molecule has 1 amide bonds. The minimum Gasteiger partial charge on any atom is -0.422 e. The summed E-state index contributed by atoms with van der Waals surface area (Å²) in [6.07, 6.45) is 0.541. The van der Waals surface area contributed by atoms with Crippen molar-refractivity contribution in [1.82, 2.24) is 15.3 Å². The smallest absolute Gasteiger partial charge is 0.349 e. The first-order valence-electron chi connectivity index (χ1n) is 7.95. The fourth-order valence-corrected chi connectivity index (χ4v) is 2.73. The van der Waals surface area contributed by atoms with Crippen LogP contribution in [0.15, 0.2) is 63.8 Å². The summed E-state index contributed by atoms with van der Waals surface area (Å²) in [5.41, 5.74) is 1.67. The van der Waals surface area contributed by atoms with E-state index in [1.807, 2.05) is 30.3 Å². The summed E-state index contributed by atoms with van der Waals surface area (Å²) in [4.78, 5) is 31.9. The second kappa shape index (κ2) is 6.24. The lowest BCUT2D eigenvalue weighted by Gasteiger charge is -2.04. The molecule has 0 aliphatic heterocycles. The van der Waals surface area contributed by atoms with Gasteiger partial charge in [0.2, 0.25) is 0 Å². The van der Waals surface area contributed by atoms with Gasteiger partial charge in [0, 0.05) is 18.4 Å². The summed E-state index contributed by atoms with van der Waals surface area (Å²) in [7, 11) is 0. The predicted octanol–water partition coefficient (Wildman–Crippen LogP) is 2.64. The van der Waals surface area contributed by atoms with Crippen LogP contribution in [0, 0.1) is 0 Å². The molecule has 0 aliphatic carbocycles. The minimum atomic E-state index is -0.639. The van der Waals surface area contributed by atoms with E-state index in [2.05, 4.69) is 15.3 Å². The van der Waals surface area contributed by atoms with Crippen LogP contribution < -0.4 is 10.9 Å². The average Bonchev–Trinajstić information content (AvgIpc) is 3.03. The van der Waals surface area contributed by atoms with Gasteiger partial charge >= 0.3 is 5.63 Å². The summed E-state index contributed by atoms with van der Waals surface area (Å²) in [5.74, 6) is 0.336. The Hall–Kier alpha value is -3.41. The van der Waals surface area contributed by atoms with Crippen molar-refractivity contribution in [2.45, 2.75) is 6.42 Å². The van der Waals surface area contributed by atoms with E-state index in [1.165, 1.54) is 0 Å². The lowest BCUT2D eigenvalue weighted by atomic mass is 10.2. The van der Waals surface area contributed by atoms with Crippen LogP contribution in [0.25, 0.3) is 22.0 Å². The lowest BCUT2D eigenvalue weighted by molar-refractivity contribution is 0.0950. The molecule has 0 fully saturated rings. The zero-order chi connectivity index (χ0) is 17.2. The number of fused-ring (bicyclic) bond motifs is 2. The van der Waals surface area contributed by atoms with Gasteiger partial charge in [-0.1, -0.05) is 30.3 Å². The van der Waals surface area contributed by atoms with Crippen molar-refractivity contribution >= 4 is 27.9 Å². The van der Waals surface area contributed by atoms with E-state index in [-0.39, 0.29) is 5.56 Å². The van der Waals surface area contributed by atoms with Gasteiger partial charge in [-0.15, -0.1) is 0 Å². The van der Waals surface area contributed by atoms with E-state index in [0.717, 1.165) is 16.9 Å². The van der Waals surface area contributed by atoms with Gasteiger partial charge in [0.05, 0.1) is 11.0 Å². The highest BCUT2D eigenvalue weighted by Crippen LogP contribution is 2.13. The highest BCUT2D eigenvalue weighted by molar-refractivity contribution is 5.96. The number of nitrogens with one attached hydrogen (secondary N) is 2. The molecule has 0 spiro atoms. The highest BCUT2D eigenvalue weighted by atomic mass is 16.4. The van der Waals surface area contributed by atoms with Crippen LogP contribution in [0.5, 0.6) is 0 Å². The number of nitrogens with zero attached hydrogens (tertiary/aromatic N) is 1. The molecule has 0 atom stereocenters. The van der Waals surface area contributed by atoms with Crippen molar-refractivity contribution in [3.63, 3.8) is 0 Å². The van der Waals surface area contributed by atoms with E-state index in [0.29, 0.717) is 23.9 Å². The predicted molar refractivity (Wildman–Crippen MR) is 94.6 cm³/mol. The Morgan fingerprint density at radius 3 is 2.80 bits per heavy atom. The Morgan fingerprint density at radius 2 is 1.92 bits per heavy atom. The summed E-state index contributed by atoms with van der Waals surface area (Å²) in [6.45, 7) is 0.366. The van der Waals surface area contributed by atoms with Crippen LogP contribution in [-0.4, -0.2) is 22.4 Å². The maximum Gasteiger partial charge on any atom is 0.349 e. The van der Waals surface area contributed by atoms with Crippen LogP contribution in [-0.2, 0) is 6.42 Å². The van der Waals surface area contributed by atoms with E-state index < -0.39 is 11.5 Å². The van der Waals surface area contributed by atoms with Crippen molar-refractivity contribution in [3.05, 3.63) is 76.4 Å². The van der Waals surface area contributed by atoms with E-state index >= 15 is 0 Å². The molecule has 0 saturated heterocycles. The molecular formula is C19H15N3O3. The first-order valence-corrected chi connectivity index (χ1v) is 7.95. The Morgan fingerprint density at radius 1 is 1.12 bits per heavy atom. The Labute approximate surface area is 142 Å². The third-order valence-corrected chi connectivity index (χ3v) is 3.97. The number of hydrogen-bond donors (Lipinski definition) is 2. The number of H-pyrrole nitrogens is 1. The first kappa shape index (κ1) is 15.1. The third-order valence-electron chi connectivity index (χ3n) is 3.97. The van der Waals surface area contributed by atoms with Crippen LogP contribution >= 0.6 is 0 Å². The van der Waals surface area contributed by atoms with Gasteiger partial charge in [0.25, 0.3) is 5.91 Å². The van der Waals surface area contributed by atoms with Crippen molar-refractivity contribution < 1.29 is 9.21 Å². The third kappa shape index (κ3) is 3.01. The molecule has 0 radical (unpaired) electrons. The number of carbonyl (C=O) groups excluding carboxylic acids is 1. The van der Waals surface area contributed by atoms with E-state index in [1.54, 1.807) is 24.3 Å². The van der Waals surface area contributed by atoms with Crippen LogP contribution in [0.3, 0.4) is 0 Å². The van der Waals surface area contributed by atoms with E-state index in [4.69, 9.17) is 4.42 Å². The van der Waals surface area contributed by atoms with Gasteiger partial charge in [-0.05, 0) is 24.3 Å². The topological polar surface area (TPSA) is 88.0 Å². The second-order valence-corrected chi connectivity index (χ2v) is 5.69. The molecule has 25 heavy (non-hydrogen) atoms. The molecule has 2 aromatic heterocycles. The number of benzene rings is 2. The summed E-state index contributed by atoms with van der Waals surface area (Å²) in [5, 5.41) is 3.45. The zero-order valence-electron chi connectivity index (χ0n) is 13.3. The van der Waals surface area contributed by atoms with Crippen LogP contribution in [0.1, 0.15) is 16.2 Å². The SMILES string of the molecule is O=C(NCCc1nc2ccccc2[nH]1)c1cc2ccccc2oc1=O. The Bertz CT molecular complexity index is 1090. The molecule has 0 bridgehead atoms. The number of aromatic nitrogens is 2. The Kier molecular flexibility index (Phi) is 3.78. The average molecular weight is 333 g/mol. The standard InChI is InChI=1S/C19H15N3O3/c23-18(13-11-12-5-1-4-8-16(12)25-19(13)24)20-10-9-17-21-14-6-2-3-7-15(14)22-17/h1-8,11H,9-10H2,(H,20,23)(H,21,22). The molecule has 0 aliphatic rings. The summed E-state index contributed by atoms with van der Waals surface area (Å²) >= 11 is 0. The first-order chi connectivity index (χ1) is 12.2. The number of carbonyl (C=O) groups is 1. The van der Waals surface area contributed by atoms with Crippen molar-refractivity contribution in [2.24, 2.45) is 0 Å². The van der Waals surface area contributed by atoms with Crippen molar-refractivity contribution in [1.29, 1.82) is 0 Å². The maximum atomic E-state index is 12.3. The fourth-order valence-electron chi connectivity index (χ4n) is 2.73. The minimum absolute atomic E-state index is 0.00306. The molecule has 2 N–H and O–H groups in total. The second-order valence-electron chi connectivity index (χ2n) is 5.69. The maximum absolute atomic E-state index is 12.3. The van der Waals surface area contributed by atoms with Crippen molar-refractivity contribution in [3.8, 4) is 0 Å². The molecular weight excluding hydrogens is 318 g/mol. The van der Waals surface area contributed by atoms with Crippen molar-refractivity contribution in [2.75, 3.05) is 6.54 Å². The van der Waals surface area contributed by atoms with Crippen LogP contribution in [0.2, 0.25) is 0 Å². The van der Waals surface area contributed by atoms with Gasteiger partial charge < -0.3 is 14.7 Å². The van der Waals surface area contributed by atoms with E-state index in [9.17, 15) is 9.59 Å². The lowest BCUT2D eigenvalue weighted by Crippen LogP contribution is -2.30. The quantitative estimate of drug-likeness (QED) is 0.562. The monoisotopic (exact) mass is 333 g/mol. The normalized spacial score (nSPS) is 11.0. The molecule has 6 heteroatoms. The van der Waals surface area contributed by atoms with Gasteiger partial charge in [-0.25, -0.2) is 9.78 Å². The summed E-state index contributed by atoms with van der Waals surface area (Å²) in [6, 6.07) is 16.4. The molecule has 4 aromatic rings. The number of imidazole rings is 1. The van der Waals surface area contributed by atoms with Crippen LogP contribution in [0.4, 0.5) is 0 Å². The highest BCUT2D eigenvalue weighted by Gasteiger charge is 2.13. The van der Waals surface area contributed by atoms with Gasteiger partial charge in [-0.3, -0.25) is 4.79 Å². The Balaban J connectivity index is 1.47. The molecule has 2 aromatic carbocycles. The number of para-hydroxylation sites is 3. The number of hydrogen-bond acceptors (Lipinski definition) is 4. The van der Waals surface area contributed by atoms with Gasteiger partial charge in [0.1, 0.15) is 17.0 Å². The number of amides is 1.